The summed E-state index contributed by atoms with van der Waals surface area (Å²) in [6.45, 7) is 7.29. The molecule has 0 atom stereocenters. The summed E-state index contributed by atoms with van der Waals surface area (Å²) in [5.74, 6) is 0.600. The van der Waals surface area contributed by atoms with Gasteiger partial charge in [0, 0.05) is 12.6 Å². The van der Waals surface area contributed by atoms with Crippen LogP contribution in [0.1, 0.15) is 33.0 Å². The third-order valence-electron chi connectivity index (χ3n) is 3.53. The highest BCUT2D eigenvalue weighted by molar-refractivity contribution is 6.31. The maximum absolute atomic E-state index is 13.5. The highest BCUT2D eigenvalue weighted by atomic mass is 35.5. The number of imidazole rings is 1. The second-order valence-corrected chi connectivity index (χ2v) is 6.20. The molecule has 0 amide bonds. The van der Waals surface area contributed by atoms with E-state index in [0.29, 0.717) is 11.4 Å². The van der Waals surface area contributed by atoms with Crippen LogP contribution in [0.3, 0.4) is 0 Å². The molecule has 2 aromatic rings. The number of hydrogen-bond acceptors (Lipinski definition) is 1. The van der Waals surface area contributed by atoms with Crippen LogP contribution in [0, 0.1) is 11.2 Å². The molecule has 1 heterocycles. The summed E-state index contributed by atoms with van der Waals surface area (Å²) in [4.78, 5) is 4.38. The normalized spacial score (nSPS) is 12.3. The van der Waals surface area contributed by atoms with E-state index in [0.717, 1.165) is 24.3 Å². The fraction of sp³-hybridized carbons (Fsp3) is 0.500. The van der Waals surface area contributed by atoms with Crippen LogP contribution in [0.4, 0.5) is 4.39 Å². The number of alkyl halides is 1. The highest BCUT2D eigenvalue weighted by Crippen LogP contribution is 2.29. The number of benzene rings is 1. The van der Waals surface area contributed by atoms with Crippen molar-refractivity contribution in [1.29, 1.82) is 0 Å². The van der Waals surface area contributed by atoms with Crippen molar-refractivity contribution in [2.75, 3.05) is 0 Å². The Balaban J connectivity index is 2.60. The van der Waals surface area contributed by atoms with E-state index in [1.807, 2.05) is 4.57 Å². The molecule has 0 saturated carbocycles. The first kappa shape index (κ1) is 14.6. The molecule has 2 nitrogen and oxygen atoms in total. The van der Waals surface area contributed by atoms with Gasteiger partial charge in [-0.2, -0.15) is 0 Å². The van der Waals surface area contributed by atoms with Gasteiger partial charge >= 0.3 is 0 Å². The van der Waals surface area contributed by atoms with Crippen molar-refractivity contribution < 1.29 is 4.39 Å². The summed E-state index contributed by atoms with van der Waals surface area (Å²) in [7, 11) is 0. The SMILES string of the molecule is CCC(C)(C)Cn1c(CCl)nc2cc(F)c(Cl)cc21. The fourth-order valence-corrected chi connectivity index (χ4v) is 2.35. The molecule has 0 radical (unpaired) electrons. The molecule has 104 valence electrons. The number of nitrogens with zero attached hydrogens (tertiary/aromatic N) is 2. The van der Waals surface area contributed by atoms with E-state index in [9.17, 15) is 4.39 Å². The lowest BCUT2D eigenvalue weighted by Gasteiger charge is -2.24. The Morgan fingerprint density at radius 1 is 1.37 bits per heavy atom. The van der Waals surface area contributed by atoms with Gasteiger partial charge in [-0.3, -0.25) is 0 Å². The van der Waals surface area contributed by atoms with Crippen LogP contribution in [-0.2, 0) is 12.4 Å². The van der Waals surface area contributed by atoms with Crippen LogP contribution in [0.5, 0.6) is 0 Å². The van der Waals surface area contributed by atoms with Gasteiger partial charge in [0.15, 0.2) is 0 Å². The van der Waals surface area contributed by atoms with Crippen molar-refractivity contribution in [3.8, 4) is 0 Å². The fourth-order valence-electron chi connectivity index (χ4n) is 1.99. The summed E-state index contributed by atoms with van der Waals surface area (Å²) < 4.78 is 15.5. The Kier molecular flexibility index (Phi) is 4.07. The minimum atomic E-state index is -0.449. The quantitative estimate of drug-likeness (QED) is 0.726. The van der Waals surface area contributed by atoms with Gasteiger partial charge in [0.05, 0.1) is 21.9 Å². The van der Waals surface area contributed by atoms with Gasteiger partial charge in [-0.05, 0) is 17.9 Å². The molecule has 0 unspecified atom stereocenters. The maximum Gasteiger partial charge on any atom is 0.144 e. The summed E-state index contributed by atoms with van der Waals surface area (Å²) in [6.07, 6.45) is 1.03. The number of aromatic nitrogens is 2. The number of halogens is 3. The monoisotopic (exact) mass is 302 g/mol. The first-order valence-corrected chi connectivity index (χ1v) is 7.19. The van der Waals surface area contributed by atoms with Gasteiger partial charge in [-0.25, -0.2) is 9.37 Å². The molecule has 0 fully saturated rings. The molecule has 0 spiro atoms. The molecule has 5 heteroatoms. The van der Waals surface area contributed by atoms with E-state index >= 15 is 0 Å². The predicted molar refractivity (Wildman–Crippen MR) is 78.3 cm³/mol. The standard InChI is InChI=1S/C14H17Cl2FN2/c1-4-14(2,3)8-19-12-5-9(16)10(17)6-11(12)18-13(19)7-15/h5-6H,4,7-8H2,1-3H3. The van der Waals surface area contributed by atoms with Crippen molar-refractivity contribution >= 4 is 34.2 Å². The van der Waals surface area contributed by atoms with E-state index in [2.05, 4.69) is 25.8 Å². The molecule has 0 saturated heterocycles. The maximum atomic E-state index is 13.5. The molecular weight excluding hydrogens is 286 g/mol. The zero-order valence-corrected chi connectivity index (χ0v) is 12.8. The second kappa shape index (κ2) is 5.29. The van der Waals surface area contributed by atoms with Gasteiger partial charge in [0.2, 0.25) is 0 Å². The van der Waals surface area contributed by atoms with Crippen molar-refractivity contribution in [1.82, 2.24) is 9.55 Å². The highest BCUT2D eigenvalue weighted by Gasteiger charge is 2.20. The average Bonchev–Trinajstić information content (AvgIpc) is 2.67. The van der Waals surface area contributed by atoms with Crippen LogP contribution in [-0.4, -0.2) is 9.55 Å². The Morgan fingerprint density at radius 3 is 2.63 bits per heavy atom. The smallest absolute Gasteiger partial charge is 0.144 e. The van der Waals surface area contributed by atoms with E-state index in [4.69, 9.17) is 23.2 Å². The topological polar surface area (TPSA) is 17.8 Å². The van der Waals surface area contributed by atoms with Crippen LogP contribution in [0.2, 0.25) is 5.02 Å². The van der Waals surface area contributed by atoms with Crippen molar-refractivity contribution in [2.24, 2.45) is 5.41 Å². The summed E-state index contributed by atoms with van der Waals surface area (Å²) in [6, 6.07) is 2.99. The molecule has 0 aliphatic carbocycles. The average molecular weight is 303 g/mol. The Hall–Kier alpha value is -0.800. The van der Waals surface area contributed by atoms with E-state index in [1.165, 1.54) is 6.07 Å². The predicted octanol–water partition coefficient (Wildman–Crippen LogP) is 5.00. The van der Waals surface area contributed by atoms with Gasteiger partial charge in [-0.1, -0.05) is 32.4 Å². The molecular formula is C14H17Cl2FN2. The number of rotatable bonds is 4. The Bertz CT molecular complexity index is 605. The van der Waals surface area contributed by atoms with Crippen molar-refractivity contribution in [2.45, 2.75) is 39.6 Å². The minimum Gasteiger partial charge on any atom is -0.326 e. The first-order valence-electron chi connectivity index (χ1n) is 6.28. The van der Waals surface area contributed by atoms with Crippen LogP contribution >= 0.6 is 23.2 Å². The molecule has 0 bridgehead atoms. The molecule has 0 aliphatic rings. The van der Waals surface area contributed by atoms with Gasteiger partial charge in [-0.15, -0.1) is 11.6 Å². The second-order valence-electron chi connectivity index (χ2n) is 5.52. The van der Waals surface area contributed by atoms with E-state index < -0.39 is 5.82 Å². The Labute approximate surface area is 122 Å². The summed E-state index contributed by atoms with van der Waals surface area (Å²) >= 11 is 11.8. The third kappa shape index (κ3) is 2.87. The molecule has 0 N–H and O–H groups in total. The molecule has 2 rings (SSSR count). The van der Waals surface area contributed by atoms with Crippen molar-refractivity contribution in [3.05, 3.63) is 28.8 Å². The molecule has 0 aliphatic heterocycles. The number of fused-ring (bicyclic) bond motifs is 1. The minimum absolute atomic E-state index is 0.115. The lowest BCUT2D eigenvalue weighted by atomic mass is 9.90. The zero-order valence-electron chi connectivity index (χ0n) is 11.3. The van der Waals surface area contributed by atoms with Gasteiger partial charge in [0.1, 0.15) is 11.6 Å². The van der Waals surface area contributed by atoms with Crippen molar-refractivity contribution in [3.63, 3.8) is 0 Å². The lowest BCUT2D eigenvalue weighted by molar-refractivity contribution is 0.295. The number of hydrogen-bond donors (Lipinski definition) is 0. The van der Waals surface area contributed by atoms with E-state index in [-0.39, 0.29) is 10.4 Å². The third-order valence-corrected chi connectivity index (χ3v) is 4.06. The lowest BCUT2D eigenvalue weighted by Crippen LogP contribution is -2.19. The molecule has 1 aromatic heterocycles. The van der Waals surface area contributed by atoms with Crippen LogP contribution in [0.15, 0.2) is 12.1 Å². The first-order chi connectivity index (χ1) is 8.88. The van der Waals surface area contributed by atoms with Gasteiger partial charge in [0.25, 0.3) is 0 Å². The summed E-state index contributed by atoms with van der Waals surface area (Å²) in [5, 5.41) is 0.115. The van der Waals surface area contributed by atoms with Crippen LogP contribution < -0.4 is 0 Å². The zero-order chi connectivity index (χ0) is 14.2. The van der Waals surface area contributed by atoms with E-state index in [1.54, 1.807) is 6.07 Å². The largest absolute Gasteiger partial charge is 0.326 e. The molecule has 1 aromatic carbocycles. The summed E-state index contributed by atoms with van der Waals surface area (Å²) in [5.41, 5.74) is 1.56. The van der Waals surface area contributed by atoms with Crippen LogP contribution in [0.25, 0.3) is 11.0 Å². The molecule has 19 heavy (non-hydrogen) atoms. The van der Waals surface area contributed by atoms with Gasteiger partial charge < -0.3 is 4.57 Å². The Morgan fingerprint density at radius 2 is 2.05 bits per heavy atom.